The number of aldehydes is 1. The molecule has 2 aromatic rings. The molecule has 7 N–H and O–H groups in total. The molecular weight excluding hydrogens is 618 g/mol. The summed E-state index contributed by atoms with van der Waals surface area (Å²) in [5.74, 6) is -4.30. The molecule has 3 aliphatic rings. The summed E-state index contributed by atoms with van der Waals surface area (Å²) in [7, 11) is 0. The van der Waals surface area contributed by atoms with Gasteiger partial charge in [-0.15, -0.1) is 0 Å². The third-order valence-corrected chi connectivity index (χ3v) is 8.96. The fourth-order valence-electron chi connectivity index (χ4n) is 6.57. The van der Waals surface area contributed by atoms with Crippen molar-refractivity contribution < 1.29 is 63.7 Å². The van der Waals surface area contributed by atoms with E-state index >= 15 is 0 Å². The summed E-state index contributed by atoms with van der Waals surface area (Å²) in [5, 5.41) is 54.7. The van der Waals surface area contributed by atoms with Crippen molar-refractivity contribution in [3.63, 3.8) is 0 Å². The van der Waals surface area contributed by atoms with Crippen molar-refractivity contribution in [2.75, 3.05) is 0 Å². The molecule has 254 valence electrons. The van der Waals surface area contributed by atoms with Crippen molar-refractivity contribution >= 4 is 23.6 Å². The Balaban J connectivity index is 1.48. The summed E-state index contributed by atoms with van der Waals surface area (Å²) in [4.78, 5) is 50.9. The molecule has 1 heterocycles. The van der Waals surface area contributed by atoms with Gasteiger partial charge in [0.1, 0.15) is 41.3 Å². The van der Waals surface area contributed by atoms with E-state index in [4.69, 9.17) is 24.7 Å². The molecule has 0 aromatic heterocycles. The SMILES string of the molecule is CC(=O)[C@]1(O)Cc2c(O)c3c(c(O)c2[C@@H](O[C@H]2C[C@H](N)[C@H](O[C@@H](C[C@H](C)O)O[C@H](C)C=O)[C@H](C)O2)C1)C(=O)c1c(O)cccc1C3=O. The summed E-state index contributed by atoms with van der Waals surface area (Å²) in [6.07, 6.45) is -6.81. The molecule has 0 unspecified atom stereocenters. The maximum atomic E-state index is 13.6. The van der Waals surface area contributed by atoms with E-state index in [1.54, 1.807) is 6.92 Å². The topological polar surface area (TPSA) is 232 Å². The minimum absolute atomic E-state index is 0.000319. The number of aromatic hydroxyl groups is 3. The fraction of sp³-hybridized carbons (Fsp3) is 0.515. The Hall–Kier alpha value is -3.76. The van der Waals surface area contributed by atoms with Crippen molar-refractivity contribution in [1.82, 2.24) is 0 Å². The number of ketones is 3. The minimum atomic E-state index is -2.08. The highest BCUT2D eigenvalue weighted by atomic mass is 16.7. The summed E-state index contributed by atoms with van der Waals surface area (Å²) in [5.41, 5.74) is 2.54. The number of Topliss-reactive ketones (excluding diaryl/α,β-unsaturated/α-hetero) is 1. The molecule has 2 aromatic carbocycles. The monoisotopic (exact) mass is 657 g/mol. The minimum Gasteiger partial charge on any atom is -0.507 e. The maximum absolute atomic E-state index is 13.6. The van der Waals surface area contributed by atoms with Crippen LogP contribution >= 0.6 is 0 Å². The van der Waals surface area contributed by atoms with E-state index < -0.39 is 113 Å². The molecule has 14 heteroatoms. The van der Waals surface area contributed by atoms with E-state index in [-0.39, 0.29) is 35.1 Å². The molecule has 1 saturated heterocycles. The molecule has 0 spiro atoms. The van der Waals surface area contributed by atoms with Gasteiger partial charge in [0.05, 0.1) is 35.0 Å². The Morgan fingerprint density at radius 2 is 1.81 bits per heavy atom. The molecule has 1 aliphatic heterocycles. The number of aliphatic hydroxyl groups excluding tert-OH is 1. The molecule has 47 heavy (non-hydrogen) atoms. The number of phenolic OH excluding ortho intramolecular Hbond substituents is 3. The number of hydrogen-bond acceptors (Lipinski definition) is 14. The van der Waals surface area contributed by atoms with Crippen LogP contribution in [-0.2, 0) is 35.0 Å². The van der Waals surface area contributed by atoms with Crippen LogP contribution in [0.2, 0.25) is 0 Å². The van der Waals surface area contributed by atoms with Crippen LogP contribution in [0.1, 0.15) is 96.0 Å². The Labute approximate surface area is 270 Å². The van der Waals surface area contributed by atoms with Gasteiger partial charge in [-0.2, -0.15) is 0 Å². The highest BCUT2D eigenvalue weighted by Gasteiger charge is 2.49. The zero-order chi connectivity index (χ0) is 34.5. The Kier molecular flexibility index (Phi) is 9.59. The predicted molar refractivity (Wildman–Crippen MR) is 161 cm³/mol. The van der Waals surface area contributed by atoms with Gasteiger partial charge in [-0.05, 0) is 33.8 Å². The lowest BCUT2D eigenvalue weighted by molar-refractivity contribution is -0.282. The first-order valence-corrected chi connectivity index (χ1v) is 15.3. The number of rotatable bonds is 10. The smallest absolute Gasteiger partial charge is 0.202 e. The van der Waals surface area contributed by atoms with E-state index in [1.165, 1.54) is 32.0 Å². The number of ether oxygens (including phenoxy) is 4. The largest absolute Gasteiger partial charge is 0.507 e. The van der Waals surface area contributed by atoms with Crippen molar-refractivity contribution in [2.45, 2.75) is 108 Å². The molecule has 5 rings (SSSR count). The zero-order valence-electron chi connectivity index (χ0n) is 26.3. The van der Waals surface area contributed by atoms with Crippen LogP contribution in [0.4, 0.5) is 0 Å². The number of benzene rings is 2. The van der Waals surface area contributed by atoms with E-state index in [9.17, 15) is 44.7 Å². The Morgan fingerprint density at radius 3 is 2.43 bits per heavy atom. The van der Waals surface area contributed by atoms with Crippen molar-refractivity contribution in [1.29, 1.82) is 0 Å². The number of phenols is 3. The third kappa shape index (κ3) is 6.29. The Morgan fingerprint density at radius 1 is 1.13 bits per heavy atom. The summed E-state index contributed by atoms with van der Waals surface area (Å²) >= 11 is 0. The number of carbonyl (C=O) groups is 4. The zero-order valence-corrected chi connectivity index (χ0v) is 26.3. The van der Waals surface area contributed by atoms with Crippen LogP contribution < -0.4 is 5.73 Å². The van der Waals surface area contributed by atoms with Crippen LogP contribution in [0.3, 0.4) is 0 Å². The molecule has 0 radical (unpaired) electrons. The highest BCUT2D eigenvalue weighted by Crippen LogP contribution is 2.52. The van der Waals surface area contributed by atoms with Gasteiger partial charge in [-0.1, -0.05) is 12.1 Å². The van der Waals surface area contributed by atoms with Crippen LogP contribution in [0.25, 0.3) is 0 Å². The van der Waals surface area contributed by atoms with Crippen LogP contribution in [-0.4, -0.2) is 97.8 Å². The van der Waals surface area contributed by atoms with E-state index in [2.05, 4.69) is 0 Å². The summed E-state index contributed by atoms with van der Waals surface area (Å²) in [6, 6.07) is 3.13. The molecule has 0 amide bonds. The Bertz CT molecular complexity index is 1590. The lowest BCUT2D eigenvalue weighted by Gasteiger charge is -2.43. The molecule has 1 fully saturated rings. The van der Waals surface area contributed by atoms with Crippen molar-refractivity contribution in [3.05, 3.63) is 51.6 Å². The number of hydrogen-bond donors (Lipinski definition) is 6. The molecule has 0 bridgehead atoms. The fourth-order valence-corrected chi connectivity index (χ4v) is 6.57. The van der Waals surface area contributed by atoms with Gasteiger partial charge in [0.25, 0.3) is 0 Å². The first kappa shape index (κ1) is 34.6. The number of nitrogens with two attached hydrogens (primary N) is 1. The molecule has 14 nitrogen and oxygen atoms in total. The molecule has 2 aliphatic carbocycles. The second-order valence-electron chi connectivity index (χ2n) is 12.6. The average molecular weight is 658 g/mol. The lowest BCUT2D eigenvalue weighted by atomic mass is 9.72. The van der Waals surface area contributed by atoms with E-state index in [0.29, 0.717) is 6.29 Å². The molecular formula is C33H39NO13. The number of aliphatic hydroxyl groups is 2. The van der Waals surface area contributed by atoms with Gasteiger partial charge in [-0.3, -0.25) is 14.4 Å². The van der Waals surface area contributed by atoms with Crippen LogP contribution in [0.15, 0.2) is 18.2 Å². The van der Waals surface area contributed by atoms with Gasteiger partial charge in [0.2, 0.25) is 5.78 Å². The van der Waals surface area contributed by atoms with Gasteiger partial charge in [0, 0.05) is 48.4 Å². The van der Waals surface area contributed by atoms with Gasteiger partial charge in [0.15, 0.2) is 24.1 Å². The summed E-state index contributed by atoms with van der Waals surface area (Å²) < 4.78 is 23.9. The predicted octanol–water partition coefficient (Wildman–Crippen LogP) is 1.45. The van der Waals surface area contributed by atoms with E-state index in [0.717, 1.165) is 6.92 Å². The van der Waals surface area contributed by atoms with Crippen LogP contribution in [0, 0.1) is 0 Å². The first-order chi connectivity index (χ1) is 22.1. The maximum Gasteiger partial charge on any atom is 0.202 e. The van der Waals surface area contributed by atoms with Crippen LogP contribution in [0.5, 0.6) is 17.2 Å². The highest BCUT2D eigenvalue weighted by molar-refractivity contribution is 6.31. The summed E-state index contributed by atoms with van der Waals surface area (Å²) in [6.45, 7) is 5.86. The lowest BCUT2D eigenvalue weighted by Crippen LogP contribution is -2.55. The number of fused-ring (bicyclic) bond motifs is 3. The first-order valence-electron chi connectivity index (χ1n) is 15.3. The van der Waals surface area contributed by atoms with Gasteiger partial charge < -0.3 is 55.0 Å². The quantitative estimate of drug-likeness (QED) is 0.103. The third-order valence-electron chi connectivity index (χ3n) is 8.96. The second-order valence-corrected chi connectivity index (χ2v) is 12.6. The van der Waals surface area contributed by atoms with Gasteiger partial charge in [-0.25, -0.2) is 0 Å². The van der Waals surface area contributed by atoms with Crippen molar-refractivity contribution in [3.8, 4) is 17.2 Å². The van der Waals surface area contributed by atoms with Gasteiger partial charge >= 0.3 is 0 Å². The van der Waals surface area contributed by atoms with E-state index in [1.807, 2.05) is 0 Å². The molecule has 9 atom stereocenters. The standard InChI is InChI=1S/C33H39NO13/c1-13(36)8-22(44-14(2)12-35)47-32-15(3)45-23(9-19(32)34)46-21-11-33(43,16(4)37)10-18-25(21)31(42)27-26(29(18)40)28(39)17-6-5-7-20(38)24(17)30(27)41/h5-7,12-15,19,21-23,32,36,38,40,42-43H,8-11,34H2,1-4H3/t13-,14+,15-,19-,21-,22-,23-,32+,33-/m0/s1. The number of carbonyl (C=O) groups excluding carboxylic acids is 4. The normalized spacial score (nSPS) is 28.9. The molecule has 0 saturated carbocycles. The van der Waals surface area contributed by atoms with Crippen molar-refractivity contribution in [2.24, 2.45) is 5.73 Å². The second kappa shape index (κ2) is 13.0. The average Bonchev–Trinajstić information content (AvgIpc) is 2.98.